The van der Waals surface area contributed by atoms with Crippen molar-refractivity contribution in [3.8, 4) is 12.3 Å². The van der Waals surface area contributed by atoms with E-state index < -0.39 is 0 Å². The molecule has 3 nitrogen and oxygen atoms in total. The zero-order valence-corrected chi connectivity index (χ0v) is 12.8. The van der Waals surface area contributed by atoms with E-state index in [4.69, 9.17) is 21.6 Å². The SMILES string of the molecule is C#CC1(C(N)COCCOC2CCC(CC)CC2)CC1. The number of rotatable bonds is 8. The fraction of sp³-hybridized carbons (Fsp3) is 0.882. The van der Waals surface area contributed by atoms with Gasteiger partial charge in [-0.1, -0.05) is 19.3 Å². The zero-order valence-electron chi connectivity index (χ0n) is 12.8. The molecule has 3 heteroatoms. The Morgan fingerprint density at radius 3 is 2.50 bits per heavy atom. The average Bonchev–Trinajstić information content (AvgIpc) is 3.28. The number of ether oxygens (including phenoxy) is 2. The highest BCUT2D eigenvalue weighted by molar-refractivity contribution is 5.19. The van der Waals surface area contributed by atoms with Crippen LogP contribution >= 0.6 is 0 Å². The minimum Gasteiger partial charge on any atom is -0.377 e. The molecule has 0 aliphatic heterocycles. The minimum absolute atomic E-state index is 0.0208. The second-order valence-electron chi connectivity index (χ2n) is 6.40. The van der Waals surface area contributed by atoms with Gasteiger partial charge < -0.3 is 15.2 Å². The lowest BCUT2D eigenvalue weighted by Gasteiger charge is -2.27. The molecule has 2 rings (SSSR count). The third-order valence-electron chi connectivity index (χ3n) is 5.04. The molecule has 2 saturated carbocycles. The van der Waals surface area contributed by atoms with Gasteiger partial charge in [0.15, 0.2) is 0 Å². The molecular formula is C17H29NO2. The maximum absolute atomic E-state index is 6.07. The normalized spacial score (nSPS) is 29.6. The van der Waals surface area contributed by atoms with Gasteiger partial charge in [-0.05, 0) is 44.4 Å². The highest BCUT2D eigenvalue weighted by Crippen LogP contribution is 2.47. The summed E-state index contributed by atoms with van der Waals surface area (Å²) >= 11 is 0. The van der Waals surface area contributed by atoms with Crippen LogP contribution in [0.3, 0.4) is 0 Å². The van der Waals surface area contributed by atoms with E-state index in [1.165, 1.54) is 32.1 Å². The Bertz CT molecular complexity index is 324. The van der Waals surface area contributed by atoms with Gasteiger partial charge in [0.25, 0.3) is 0 Å². The summed E-state index contributed by atoms with van der Waals surface area (Å²) in [6.45, 7) is 4.14. The van der Waals surface area contributed by atoms with E-state index in [1.807, 2.05) is 0 Å². The van der Waals surface area contributed by atoms with Gasteiger partial charge in [-0.15, -0.1) is 6.42 Å². The van der Waals surface area contributed by atoms with E-state index >= 15 is 0 Å². The first-order valence-electron chi connectivity index (χ1n) is 8.13. The predicted molar refractivity (Wildman–Crippen MR) is 81.3 cm³/mol. The molecule has 0 spiro atoms. The third kappa shape index (κ3) is 4.22. The molecule has 2 N–H and O–H groups in total. The fourth-order valence-electron chi connectivity index (χ4n) is 3.11. The maximum Gasteiger partial charge on any atom is 0.0704 e. The van der Waals surface area contributed by atoms with Crippen molar-refractivity contribution in [2.24, 2.45) is 17.1 Å². The van der Waals surface area contributed by atoms with Crippen molar-refractivity contribution in [3.63, 3.8) is 0 Å². The van der Waals surface area contributed by atoms with E-state index in [2.05, 4.69) is 12.8 Å². The van der Waals surface area contributed by atoms with Crippen LogP contribution in [0.4, 0.5) is 0 Å². The molecule has 0 radical (unpaired) electrons. The largest absolute Gasteiger partial charge is 0.377 e. The molecule has 0 saturated heterocycles. The van der Waals surface area contributed by atoms with Crippen LogP contribution in [0.2, 0.25) is 0 Å². The second kappa shape index (κ2) is 7.45. The first kappa shape index (κ1) is 15.8. The molecule has 2 aliphatic rings. The highest BCUT2D eigenvalue weighted by atomic mass is 16.5. The van der Waals surface area contributed by atoms with Crippen LogP contribution < -0.4 is 5.73 Å². The van der Waals surface area contributed by atoms with Gasteiger partial charge in [-0.25, -0.2) is 0 Å². The van der Waals surface area contributed by atoms with Gasteiger partial charge in [0.1, 0.15) is 0 Å². The smallest absolute Gasteiger partial charge is 0.0704 e. The van der Waals surface area contributed by atoms with E-state index in [9.17, 15) is 0 Å². The zero-order chi connectivity index (χ0) is 14.4. The Balaban J connectivity index is 1.49. The molecule has 1 atom stereocenters. The molecule has 0 aromatic rings. The second-order valence-corrected chi connectivity index (χ2v) is 6.40. The van der Waals surface area contributed by atoms with Crippen molar-refractivity contribution in [2.75, 3.05) is 19.8 Å². The van der Waals surface area contributed by atoms with Crippen LogP contribution in [0.15, 0.2) is 0 Å². The number of nitrogens with two attached hydrogens (primary N) is 1. The van der Waals surface area contributed by atoms with E-state index in [1.54, 1.807) is 0 Å². The van der Waals surface area contributed by atoms with E-state index in [0.29, 0.717) is 25.9 Å². The van der Waals surface area contributed by atoms with Crippen molar-refractivity contribution in [2.45, 2.75) is 64.0 Å². The summed E-state index contributed by atoms with van der Waals surface area (Å²) in [6.07, 6.45) is 14.4. The molecular weight excluding hydrogens is 250 g/mol. The van der Waals surface area contributed by atoms with Gasteiger partial charge in [0, 0.05) is 11.5 Å². The highest BCUT2D eigenvalue weighted by Gasteiger charge is 2.46. The van der Waals surface area contributed by atoms with Crippen LogP contribution in [-0.4, -0.2) is 32.0 Å². The summed E-state index contributed by atoms with van der Waals surface area (Å²) in [5.41, 5.74) is 6.00. The molecule has 0 bridgehead atoms. The van der Waals surface area contributed by atoms with Crippen LogP contribution in [0.1, 0.15) is 51.9 Å². The van der Waals surface area contributed by atoms with Crippen molar-refractivity contribution >= 4 is 0 Å². The Morgan fingerprint density at radius 1 is 1.25 bits per heavy atom. The van der Waals surface area contributed by atoms with Crippen LogP contribution in [0.5, 0.6) is 0 Å². The van der Waals surface area contributed by atoms with Crippen molar-refractivity contribution in [3.05, 3.63) is 0 Å². The maximum atomic E-state index is 6.07. The summed E-state index contributed by atoms with van der Waals surface area (Å²) in [4.78, 5) is 0. The molecule has 0 heterocycles. The van der Waals surface area contributed by atoms with Crippen molar-refractivity contribution in [1.29, 1.82) is 0 Å². The molecule has 114 valence electrons. The molecule has 20 heavy (non-hydrogen) atoms. The lowest BCUT2D eigenvalue weighted by Crippen LogP contribution is -2.36. The third-order valence-corrected chi connectivity index (χ3v) is 5.04. The van der Waals surface area contributed by atoms with Gasteiger partial charge in [-0.2, -0.15) is 0 Å². The van der Waals surface area contributed by atoms with Crippen LogP contribution in [-0.2, 0) is 9.47 Å². The molecule has 1 unspecified atom stereocenters. The monoisotopic (exact) mass is 279 g/mol. The molecule has 2 aliphatic carbocycles. The van der Waals surface area contributed by atoms with Gasteiger partial charge in [-0.3, -0.25) is 0 Å². The number of terminal acetylenes is 1. The van der Waals surface area contributed by atoms with Gasteiger partial charge in [0.05, 0.1) is 25.9 Å². The Morgan fingerprint density at radius 2 is 1.95 bits per heavy atom. The Kier molecular flexibility index (Phi) is 5.89. The average molecular weight is 279 g/mol. The lowest BCUT2D eigenvalue weighted by atomic mass is 9.86. The lowest BCUT2D eigenvalue weighted by molar-refractivity contribution is -0.0198. The molecule has 0 aromatic heterocycles. The summed E-state index contributed by atoms with van der Waals surface area (Å²) in [5, 5.41) is 0. The topological polar surface area (TPSA) is 44.5 Å². The first-order valence-corrected chi connectivity index (χ1v) is 8.13. The standard InChI is InChI=1S/C17H29NO2/c1-3-14-5-7-15(8-6-14)20-12-11-19-13-16(18)17(4-2)9-10-17/h2,14-16H,3,5-13,18H2,1H3. The summed E-state index contributed by atoms with van der Waals surface area (Å²) in [7, 11) is 0. The quantitative estimate of drug-likeness (QED) is 0.549. The molecule has 0 aromatic carbocycles. The number of hydrogen-bond acceptors (Lipinski definition) is 3. The number of hydrogen-bond donors (Lipinski definition) is 1. The minimum atomic E-state index is -0.0700. The molecule has 2 fully saturated rings. The van der Waals surface area contributed by atoms with Crippen LogP contribution in [0.25, 0.3) is 0 Å². The van der Waals surface area contributed by atoms with Crippen molar-refractivity contribution in [1.82, 2.24) is 0 Å². The van der Waals surface area contributed by atoms with E-state index in [-0.39, 0.29) is 11.5 Å². The van der Waals surface area contributed by atoms with Gasteiger partial charge in [0.2, 0.25) is 0 Å². The Hall–Kier alpha value is -0.560. The van der Waals surface area contributed by atoms with Gasteiger partial charge >= 0.3 is 0 Å². The van der Waals surface area contributed by atoms with Crippen LogP contribution in [0, 0.1) is 23.7 Å². The predicted octanol–water partition coefficient (Wildman–Crippen LogP) is 2.73. The van der Waals surface area contributed by atoms with Crippen molar-refractivity contribution < 1.29 is 9.47 Å². The molecule has 0 amide bonds. The van der Waals surface area contributed by atoms with E-state index in [0.717, 1.165) is 18.8 Å². The summed E-state index contributed by atoms with van der Waals surface area (Å²) < 4.78 is 11.5. The summed E-state index contributed by atoms with van der Waals surface area (Å²) in [6, 6.07) is -0.0208. The Labute approximate surface area is 123 Å². The first-order chi connectivity index (χ1) is 9.70. The fourth-order valence-corrected chi connectivity index (χ4v) is 3.11. The summed E-state index contributed by atoms with van der Waals surface area (Å²) in [5.74, 6) is 3.74.